The van der Waals surface area contributed by atoms with E-state index in [-0.39, 0.29) is 11.9 Å². The fraction of sp³-hybridized carbons (Fsp3) is 0.579. The molecule has 2 heterocycles. The quantitative estimate of drug-likeness (QED) is 0.871. The van der Waals surface area contributed by atoms with Crippen molar-refractivity contribution in [1.29, 1.82) is 0 Å². The van der Waals surface area contributed by atoms with Gasteiger partial charge in [-0.1, -0.05) is 24.3 Å². The van der Waals surface area contributed by atoms with Gasteiger partial charge in [-0.3, -0.25) is 4.79 Å². The van der Waals surface area contributed by atoms with E-state index in [1.165, 1.54) is 0 Å². The summed E-state index contributed by atoms with van der Waals surface area (Å²) in [6.45, 7) is 4.59. The SMILES string of the molecule is Cc1ccccc1[C@]1(O)CCN(C(=O)NCCN2CCCCC2=O)C1. The van der Waals surface area contributed by atoms with Gasteiger partial charge in [0.1, 0.15) is 5.60 Å². The number of β-amino-alcohol motifs (C(OH)–C–C–N with tert-alkyl or cyclic N) is 1. The maximum absolute atomic E-state index is 12.4. The monoisotopic (exact) mass is 345 g/mol. The van der Waals surface area contributed by atoms with Crippen LogP contribution in [-0.2, 0) is 10.4 Å². The molecular weight excluding hydrogens is 318 g/mol. The van der Waals surface area contributed by atoms with Crippen molar-refractivity contribution in [2.45, 2.75) is 38.2 Å². The second kappa shape index (κ2) is 7.44. The molecule has 136 valence electrons. The van der Waals surface area contributed by atoms with Gasteiger partial charge in [0.15, 0.2) is 0 Å². The number of hydrogen-bond donors (Lipinski definition) is 2. The van der Waals surface area contributed by atoms with E-state index >= 15 is 0 Å². The van der Waals surface area contributed by atoms with Crippen molar-refractivity contribution in [3.05, 3.63) is 35.4 Å². The van der Waals surface area contributed by atoms with Crippen LogP contribution in [0.15, 0.2) is 24.3 Å². The molecule has 0 aliphatic carbocycles. The summed E-state index contributed by atoms with van der Waals surface area (Å²) in [5.74, 6) is 0.176. The number of aryl methyl sites for hydroxylation is 1. The second-order valence-electron chi connectivity index (χ2n) is 7.09. The minimum atomic E-state index is -0.981. The highest BCUT2D eigenvalue weighted by molar-refractivity contribution is 5.77. The highest BCUT2D eigenvalue weighted by atomic mass is 16.3. The molecule has 0 radical (unpaired) electrons. The van der Waals surface area contributed by atoms with Gasteiger partial charge >= 0.3 is 6.03 Å². The predicted molar refractivity (Wildman–Crippen MR) is 95.1 cm³/mol. The molecule has 2 fully saturated rings. The Morgan fingerprint density at radius 3 is 2.84 bits per heavy atom. The molecule has 0 aromatic heterocycles. The van der Waals surface area contributed by atoms with Crippen LogP contribution < -0.4 is 5.32 Å². The van der Waals surface area contributed by atoms with Crippen LogP contribution >= 0.6 is 0 Å². The Labute approximate surface area is 148 Å². The number of carbonyl (C=O) groups is 2. The van der Waals surface area contributed by atoms with Gasteiger partial charge in [0, 0.05) is 32.6 Å². The van der Waals surface area contributed by atoms with E-state index < -0.39 is 5.60 Å². The minimum absolute atomic E-state index is 0.172. The van der Waals surface area contributed by atoms with Crippen molar-refractivity contribution in [3.8, 4) is 0 Å². The van der Waals surface area contributed by atoms with Crippen molar-refractivity contribution in [2.75, 3.05) is 32.7 Å². The summed E-state index contributed by atoms with van der Waals surface area (Å²) in [6.07, 6.45) is 3.15. The number of piperidine rings is 1. The lowest BCUT2D eigenvalue weighted by molar-refractivity contribution is -0.133. The zero-order valence-electron chi connectivity index (χ0n) is 14.8. The summed E-state index contributed by atoms with van der Waals surface area (Å²) in [7, 11) is 0. The third-order valence-corrected chi connectivity index (χ3v) is 5.26. The van der Waals surface area contributed by atoms with Gasteiger partial charge in [0.25, 0.3) is 0 Å². The van der Waals surface area contributed by atoms with E-state index in [0.717, 1.165) is 30.5 Å². The van der Waals surface area contributed by atoms with Crippen molar-refractivity contribution in [2.24, 2.45) is 0 Å². The summed E-state index contributed by atoms with van der Waals surface area (Å²) in [4.78, 5) is 27.6. The van der Waals surface area contributed by atoms with E-state index in [1.807, 2.05) is 36.1 Å². The second-order valence-corrected chi connectivity index (χ2v) is 7.09. The van der Waals surface area contributed by atoms with Gasteiger partial charge in [0.2, 0.25) is 5.91 Å². The summed E-state index contributed by atoms with van der Waals surface area (Å²) in [5, 5.41) is 13.8. The van der Waals surface area contributed by atoms with Crippen LogP contribution in [-0.4, -0.2) is 59.6 Å². The molecule has 6 heteroatoms. The predicted octanol–water partition coefficient (Wildman–Crippen LogP) is 1.61. The average molecular weight is 345 g/mol. The first-order chi connectivity index (χ1) is 12.0. The van der Waals surface area contributed by atoms with Gasteiger partial charge in [-0.2, -0.15) is 0 Å². The normalized spacial score (nSPS) is 23.8. The Morgan fingerprint density at radius 1 is 1.28 bits per heavy atom. The number of hydrogen-bond acceptors (Lipinski definition) is 3. The van der Waals surface area contributed by atoms with Crippen LogP contribution in [0, 0.1) is 6.92 Å². The van der Waals surface area contributed by atoms with Crippen LogP contribution in [0.1, 0.15) is 36.8 Å². The molecule has 3 amide bonds. The molecule has 2 aliphatic rings. The molecule has 0 bridgehead atoms. The first-order valence-corrected chi connectivity index (χ1v) is 9.09. The molecular formula is C19H27N3O3. The van der Waals surface area contributed by atoms with E-state index in [0.29, 0.717) is 39.0 Å². The molecule has 1 aromatic rings. The van der Waals surface area contributed by atoms with Crippen molar-refractivity contribution in [3.63, 3.8) is 0 Å². The highest BCUT2D eigenvalue weighted by Gasteiger charge is 2.40. The highest BCUT2D eigenvalue weighted by Crippen LogP contribution is 2.33. The number of aliphatic hydroxyl groups is 1. The van der Waals surface area contributed by atoms with Crippen molar-refractivity contribution >= 4 is 11.9 Å². The van der Waals surface area contributed by atoms with E-state index in [4.69, 9.17) is 0 Å². The van der Waals surface area contributed by atoms with E-state index in [9.17, 15) is 14.7 Å². The summed E-state index contributed by atoms with van der Waals surface area (Å²) >= 11 is 0. The average Bonchev–Trinajstić information content (AvgIpc) is 3.00. The number of rotatable bonds is 4. The van der Waals surface area contributed by atoms with Crippen LogP contribution in [0.4, 0.5) is 4.79 Å². The Morgan fingerprint density at radius 2 is 2.08 bits per heavy atom. The third kappa shape index (κ3) is 3.95. The number of amides is 3. The first kappa shape index (κ1) is 17.7. The van der Waals surface area contributed by atoms with Crippen LogP contribution in [0.5, 0.6) is 0 Å². The lowest BCUT2D eigenvalue weighted by Crippen LogP contribution is -2.45. The number of nitrogens with zero attached hydrogens (tertiary/aromatic N) is 2. The molecule has 0 saturated carbocycles. The first-order valence-electron chi connectivity index (χ1n) is 9.09. The van der Waals surface area contributed by atoms with Crippen LogP contribution in [0.2, 0.25) is 0 Å². The molecule has 2 N–H and O–H groups in total. The number of likely N-dealkylation sites (tertiary alicyclic amines) is 2. The van der Waals surface area contributed by atoms with Crippen molar-refractivity contribution in [1.82, 2.24) is 15.1 Å². The Kier molecular flexibility index (Phi) is 5.27. The molecule has 2 aliphatic heterocycles. The fourth-order valence-electron chi connectivity index (χ4n) is 3.79. The van der Waals surface area contributed by atoms with Gasteiger partial charge < -0.3 is 20.2 Å². The smallest absolute Gasteiger partial charge is 0.317 e. The minimum Gasteiger partial charge on any atom is -0.383 e. The van der Waals surface area contributed by atoms with E-state index in [1.54, 1.807) is 4.90 Å². The Balaban J connectivity index is 1.51. The zero-order chi connectivity index (χ0) is 17.9. The zero-order valence-corrected chi connectivity index (χ0v) is 14.8. The molecule has 25 heavy (non-hydrogen) atoms. The summed E-state index contributed by atoms with van der Waals surface area (Å²) in [5.41, 5.74) is 0.950. The molecule has 0 spiro atoms. The molecule has 6 nitrogen and oxygen atoms in total. The Hall–Kier alpha value is -2.08. The molecule has 1 atom stereocenters. The molecule has 3 rings (SSSR count). The standard InChI is InChI=1S/C19H27N3O3/c1-15-6-2-3-7-16(15)19(25)9-12-22(14-19)18(24)20-10-13-21-11-5-4-8-17(21)23/h2-3,6-7,25H,4-5,8-14H2,1H3,(H,20,24)/t19-/m0/s1. The largest absolute Gasteiger partial charge is 0.383 e. The van der Waals surface area contributed by atoms with Gasteiger partial charge in [-0.15, -0.1) is 0 Å². The lowest BCUT2D eigenvalue weighted by atomic mass is 9.89. The van der Waals surface area contributed by atoms with Gasteiger partial charge in [-0.05, 0) is 37.3 Å². The summed E-state index contributed by atoms with van der Waals surface area (Å²) in [6, 6.07) is 7.60. The van der Waals surface area contributed by atoms with Crippen LogP contribution in [0.25, 0.3) is 0 Å². The fourth-order valence-corrected chi connectivity index (χ4v) is 3.79. The number of carbonyl (C=O) groups excluding carboxylic acids is 2. The Bertz CT molecular complexity index is 649. The number of nitrogens with one attached hydrogen (secondary N) is 1. The lowest BCUT2D eigenvalue weighted by Gasteiger charge is -2.28. The molecule has 0 unspecified atom stereocenters. The topological polar surface area (TPSA) is 72.9 Å². The van der Waals surface area contributed by atoms with E-state index in [2.05, 4.69) is 5.32 Å². The van der Waals surface area contributed by atoms with Gasteiger partial charge in [0.05, 0.1) is 6.54 Å². The van der Waals surface area contributed by atoms with Crippen LogP contribution in [0.3, 0.4) is 0 Å². The van der Waals surface area contributed by atoms with Crippen molar-refractivity contribution < 1.29 is 14.7 Å². The third-order valence-electron chi connectivity index (χ3n) is 5.26. The molecule has 2 saturated heterocycles. The van der Waals surface area contributed by atoms with Gasteiger partial charge in [-0.25, -0.2) is 4.79 Å². The summed E-state index contributed by atoms with van der Waals surface area (Å²) < 4.78 is 0. The maximum atomic E-state index is 12.4. The molecule has 1 aromatic carbocycles. The number of urea groups is 1. The maximum Gasteiger partial charge on any atom is 0.317 e. The number of benzene rings is 1.